The van der Waals surface area contributed by atoms with Crippen LogP contribution in [0.1, 0.15) is 11.6 Å². The molecule has 3 aromatic carbocycles. The highest BCUT2D eigenvalue weighted by molar-refractivity contribution is 6.35. The normalized spacial score (nSPS) is 22.1. The largest absolute Gasteiger partial charge is 0.273 e. The number of nitro groups is 1. The van der Waals surface area contributed by atoms with Gasteiger partial charge in [0.05, 0.1) is 22.3 Å². The Balaban J connectivity index is 1.63. The lowest BCUT2D eigenvalue weighted by atomic mass is 9.90. The van der Waals surface area contributed by atoms with Crippen molar-refractivity contribution in [3.63, 3.8) is 0 Å². The molecular weight excluding hydrogens is 469 g/mol. The number of benzene rings is 3. The fourth-order valence-electron chi connectivity index (χ4n) is 4.27. The number of hydrogen-bond donors (Lipinski definition) is 0. The Hall–Kier alpha value is -3.46. The fourth-order valence-corrected chi connectivity index (χ4v) is 4.79. The Labute approximate surface area is 198 Å². The van der Waals surface area contributed by atoms with E-state index in [1.54, 1.807) is 48.5 Å². The molecule has 8 nitrogen and oxygen atoms in total. The number of nitro benzene ring substituents is 1. The Bertz CT molecular complexity index is 1290. The van der Waals surface area contributed by atoms with Crippen LogP contribution in [0.25, 0.3) is 0 Å². The van der Waals surface area contributed by atoms with Crippen LogP contribution in [0.2, 0.25) is 10.0 Å². The lowest BCUT2D eigenvalue weighted by molar-refractivity contribution is -0.384. The molecular formula is C23H15Cl2N3O5. The van der Waals surface area contributed by atoms with Crippen LogP contribution in [0, 0.1) is 16.0 Å². The van der Waals surface area contributed by atoms with Crippen LogP contribution in [0.15, 0.2) is 72.8 Å². The Kier molecular flexibility index (Phi) is 5.28. The molecule has 0 aliphatic carbocycles. The van der Waals surface area contributed by atoms with Crippen molar-refractivity contribution in [3.05, 3.63) is 98.5 Å². The summed E-state index contributed by atoms with van der Waals surface area (Å²) in [4.78, 5) is 44.7. The highest BCUT2D eigenvalue weighted by Crippen LogP contribution is 2.49. The highest BCUT2D eigenvalue weighted by Gasteiger charge is 2.60. The molecule has 5 rings (SSSR count). The topological polar surface area (TPSA) is 93.0 Å². The third-order valence-electron chi connectivity index (χ3n) is 5.71. The van der Waals surface area contributed by atoms with E-state index in [0.717, 1.165) is 4.90 Å². The summed E-state index contributed by atoms with van der Waals surface area (Å²) in [7, 11) is 0. The molecule has 0 unspecified atom stereocenters. The summed E-state index contributed by atoms with van der Waals surface area (Å²) in [6.45, 7) is 0. The van der Waals surface area contributed by atoms with E-state index in [2.05, 4.69) is 0 Å². The molecule has 0 radical (unpaired) electrons. The van der Waals surface area contributed by atoms with Crippen molar-refractivity contribution >= 4 is 52.1 Å². The standard InChI is InChI=1S/C23H15Cl2N3O5/c24-13-9-10-17(18(25)11-13)20-19-21(23(30)26(22(19)29)14-5-2-1-3-6-14)33-27(20)15-7-4-8-16(12-15)28(31)32/h1-12,19-21H/t19-,20+,21+/m0/s1. The van der Waals surface area contributed by atoms with E-state index in [1.807, 2.05) is 0 Å². The Morgan fingerprint density at radius 1 is 0.879 bits per heavy atom. The maximum Gasteiger partial charge on any atom is 0.271 e. The van der Waals surface area contributed by atoms with Gasteiger partial charge in [-0.1, -0.05) is 53.5 Å². The fraction of sp³-hybridized carbons (Fsp3) is 0.130. The lowest BCUT2D eigenvalue weighted by Crippen LogP contribution is -2.37. The zero-order valence-electron chi connectivity index (χ0n) is 16.8. The van der Waals surface area contributed by atoms with E-state index in [4.69, 9.17) is 28.0 Å². The van der Waals surface area contributed by atoms with Gasteiger partial charge in [0, 0.05) is 22.2 Å². The Morgan fingerprint density at radius 3 is 2.30 bits per heavy atom. The smallest absolute Gasteiger partial charge is 0.271 e. The predicted octanol–water partition coefficient (Wildman–Crippen LogP) is 4.95. The first-order valence-corrected chi connectivity index (χ1v) is 10.7. The summed E-state index contributed by atoms with van der Waals surface area (Å²) < 4.78 is 0. The number of halogens is 2. The second-order valence-electron chi connectivity index (χ2n) is 7.61. The van der Waals surface area contributed by atoms with Gasteiger partial charge in [-0.3, -0.25) is 24.5 Å². The minimum Gasteiger partial charge on any atom is -0.273 e. The van der Waals surface area contributed by atoms with Gasteiger partial charge in [-0.05, 0) is 35.9 Å². The van der Waals surface area contributed by atoms with Crippen LogP contribution < -0.4 is 9.96 Å². The lowest BCUT2D eigenvalue weighted by Gasteiger charge is -2.29. The molecule has 2 amide bonds. The number of nitrogens with zero attached hydrogens (tertiary/aromatic N) is 3. The summed E-state index contributed by atoms with van der Waals surface area (Å²) in [6, 6.07) is 18.4. The molecule has 0 saturated carbocycles. The summed E-state index contributed by atoms with van der Waals surface area (Å²) in [6.07, 6.45) is -1.12. The van der Waals surface area contributed by atoms with Crippen LogP contribution in [-0.4, -0.2) is 22.8 Å². The number of hydrogen-bond acceptors (Lipinski definition) is 6. The molecule has 0 bridgehead atoms. The van der Waals surface area contributed by atoms with Crippen LogP contribution in [-0.2, 0) is 14.4 Å². The van der Waals surface area contributed by atoms with Crippen LogP contribution in [0.4, 0.5) is 17.1 Å². The van der Waals surface area contributed by atoms with Crippen LogP contribution >= 0.6 is 23.2 Å². The SMILES string of the molecule is O=C1[C@H]2[C@@H](c3ccc(Cl)cc3Cl)N(c3cccc([N+](=O)[O-])c3)O[C@H]2C(=O)N1c1ccccc1. The number of para-hydroxylation sites is 1. The van der Waals surface area contributed by atoms with E-state index in [9.17, 15) is 19.7 Å². The van der Waals surface area contributed by atoms with E-state index < -0.39 is 34.8 Å². The number of fused-ring (bicyclic) bond motifs is 1. The molecule has 166 valence electrons. The van der Waals surface area contributed by atoms with Crippen LogP contribution in [0.3, 0.4) is 0 Å². The molecule has 0 spiro atoms. The maximum atomic E-state index is 13.5. The summed E-state index contributed by atoms with van der Waals surface area (Å²) >= 11 is 12.6. The number of carbonyl (C=O) groups excluding carboxylic acids is 2. The minimum atomic E-state index is -1.12. The average Bonchev–Trinajstić information content (AvgIpc) is 3.30. The molecule has 10 heteroatoms. The zero-order valence-corrected chi connectivity index (χ0v) is 18.3. The first-order valence-electron chi connectivity index (χ1n) is 9.95. The molecule has 0 aromatic heterocycles. The quantitative estimate of drug-likeness (QED) is 0.296. The van der Waals surface area contributed by atoms with E-state index in [1.165, 1.54) is 29.3 Å². The van der Waals surface area contributed by atoms with E-state index in [0.29, 0.717) is 22.0 Å². The second kappa shape index (κ2) is 8.15. The van der Waals surface area contributed by atoms with Crippen molar-refractivity contribution in [2.75, 3.05) is 9.96 Å². The van der Waals surface area contributed by atoms with Gasteiger partial charge in [-0.2, -0.15) is 0 Å². The van der Waals surface area contributed by atoms with Gasteiger partial charge >= 0.3 is 0 Å². The third-order valence-corrected chi connectivity index (χ3v) is 6.27. The molecule has 2 fully saturated rings. The minimum absolute atomic E-state index is 0.155. The number of hydroxylamine groups is 1. The first kappa shape index (κ1) is 21.4. The molecule has 0 N–H and O–H groups in total. The summed E-state index contributed by atoms with van der Waals surface area (Å²) in [5, 5.41) is 13.3. The maximum absolute atomic E-state index is 13.5. The van der Waals surface area contributed by atoms with Gasteiger partial charge in [0.25, 0.3) is 11.6 Å². The van der Waals surface area contributed by atoms with Gasteiger partial charge in [-0.15, -0.1) is 0 Å². The molecule has 2 saturated heterocycles. The van der Waals surface area contributed by atoms with Gasteiger partial charge in [0.1, 0.15) is 5.92 Å². The number of rotatable bonds is 4. The molecule has 3 aromatic rings. The van der Waals surface area contributed by atoms with Crippen molar-refractivity contribution in [1.82, 2.24) is 0 Å². The van der Waals surface area contributed by atoms with Gasteiger partial charge < -0.3 is 0 Å². The van der Waals surface area contributed by atoms with Crippen molar-refractivity contribution in [1.29, 1.82) is 0 Å². The third kappa shape index (κ3) is 3.52. The highest BCUT2D eigenvalue weighted by atomic mass is 35.5. The summed E-state index contributed by atoms with van der Waals surface area (Å²) in [5.74, 6) is -1.88. The Morgan fingerprint density at radius 2 is 1.61 bits per heavy atom. The number of anilines is 2. The average molecular weight is 484 g/mol. The number of amides is 2. The van der Waals surface area contributed by atoms with Gasteiger partial charge in [0.15, 0.2) is 6.10 Å². The number of non-ortho nitro benzene ring substituents is 1. The van der Waals surface area contributed by atoms with Gasteiger partial charge in [0.2, 0.25) is 5.91 Å². The molecule has 2 heterocycles. The van der Waals surface area contributed by atoms with Crippen molar-refractivity contribution in [2.45, 2.75) is 12.1 Å². The summed E-state index contributed by atoms with van der Waals surface area (Å²) in [5.41, 5.74) is 1.11. The first-order chi connectivity index (χ1) is 15.9. The zero-order chi connectivity index (χ0) is 23.3. The molecule has 33 heavy (non-hydrogen) atoms. The van der Waals surface area contributed by atoms with E-state index in [-0.39, 0.29) is 10.7 Å². The second-order valence-corrected chi connectivity index (χ2v) is 8.46. The van der Waals surface area contributed by atoms with Crippen LogP contribution in [0.5, 0.6) is 0 Å². The molecule has 2 aliphatic rings. The van der Waals surface area contributed by atoms with Gasteiger partial charge in [-0.25, -0.2) is 9.96 Å². The number of imide groups is 1. The number of carbonyl (C=O) groups is 2. The van der Waals surface area contributed by atoms with E-state index >= 15 is 0 Å². The van der Waals surface area contributed by atoms with Crippen molar-refractivity contribution in [3.8, 4) is 0 Å². The van der Waals surface area contributed by atoms with Crippen molar-refractivity contribution in [2.24, 2.45) is 5.92 Å². The monoisotopic (exact) mass is 483 g/mol. The van der Waals surface area contributed by atoms with Crippen molar-refractivity contribution < 1.29 is 19.3 Å². The predicted molar refractivity (Wildman–Crippen MR) is 122 cm³/mol. The molecule has 3 atom stereocenters. The molecule has 2 aliphatic heterocycles.